The Hall–Kier alpha value is -0.770. The van der Waals surface area contributed by atoms with Crippen molar-refractivity contribution >= 4 is 6.03 Å². The van der Waals surface area contributed by atoms with Crippen LogP contribution in [0.15, 0.2) is 0 Å². The summed E-state index contributed by atoms with van der Waals surface area (Å²) in [5.41, 5.74) is 5.53. The number of carbonyl (C=O) groups excluding carboxylic acids is 1. The average molecular weight is 183 g/mol. The van der Waals surface area contributed by atoms with Crippen molar-refractivity contribution in [2.24, 2.45) is 0 Å². The first kappa shape index (κ1) is 8.81. The quantitative estimate of drug-likeness (QED) is 0.633. The third-order valence-electron chi connectivity index (χ3n) is 2.95. The van der Waals surface area contributed by atoms with Crippen LogP contribution in [0.5, 0.6) is 0 Å². The molecule has 0 radical (unpaired) electrons. The van der Waals surface area contributed by atoms with Gasteiger partial charge >= 0.3 is 6.03 Å². The molecule has 2 rings (SSSR count). The Bertz CT molecular complexity index is 189. The van der Waals surface area contributed by atoms with E-state index in [9.17, 15) is 4.79 Å². The van der Waals surface area contributed by atoms with E-state index in [-0.39, 0.29) is 6.03 Å². The summed E-state index contributed by atoms with van der Waals surface area (Å²) in [7, 11) is 0. The molecule has 1 aliphatic carbocycles. The summed E-state index contributed by atoms with van der Waals surface area (Å²) in [6.45, 7) is 1.72. The van der Waals surface area contributed by atoms with Crippen molar-refractivity contribution in [1.82, 2.24) is 15.8 Å². The number of amides is 2. The van der Waals surface area contributed by atoms with Crippen LogP contribution in [0.2, 0.25) is 0 Å². The first-order valence-electron chi connectivity index (χ1n) is 5.17. The molecule has 4 nitrogen and oxygen atoms in total. The maximum absolute atomic E-state index is 11.4. The van der Waals surface area contributed by atoms with Crippen molar-refractivity contribution in [2.75, 3.05) is 13.1 Å². The normalized spacial score (nSPS) is 25.8. The third kappa shape index (κ3) is 1.94. The Kier molecular flexibility index (Phi) is 2.68. The monoisotopic (exact) mass is 183 g/mol. The van der Waals surface area contributed by atoms with E-state index in [1.54, 1.807) is 0 Å². The lowest BCUT2D eigenvalue weighted by Gasteiger charge is -2.37. The molecule has 1 saturated heterocycles. The molecule has 0 bridgehead atoms. The van der Waals surface area contributed by atoms with Gasteiger partial charge in [0.15, 0.2) is 0 Å². The van der Waals surface area contributed by atoms with Gasteiger partial charge in [-0.05, 0) is 12.8 Å². The third-order valence-corrected chi connectivity index (χ3v) is 2.95. The number of hydrogen-bond acceptors (Lipinski definition) is 2. The number of hydrogen-bond donors (Lipinski definition) is 2. The molecule has 2 aliphatic rings. The Morgan fingerprint density at radius 3 is 2.69 bits per heavy atom. The molecule has 0 unspecified atom stereocenters. The van der Waals surface area contributed by atoms with E-state index in [0.29, 0.717) is 6.04 Å². The lowest BCUT2D eigenvalue weighted by molar-refractivity contribution is 0.137. The fraction of sp³-hybridized carbons (Fsp3) is 0.889. The standard InChI is InChI=1S/C9H17N3O/c13-9-11-10-6-7-12(9)8-4-2-1-3-5-8/h8,10H,1-7H2,(H,11,13). The molecular weight excluding hydrogens is 166 g/mol. The van der Waals surface area contributed by atoms with E-state index >= 15 is 0 Å². The van der Waals surface area contributed by atoms with Crippen LogP contribution in [0, 0.1) is 0 Å². The van der Waals surface area contributed by atoms with E-state index in [2.05, 4.69) is 10.9 Å². The topological polar surface area (TPSA) is 44.4 Å². The van der Waals surface area contributed by atoms with Crippen LogP contribution in [-0.4, -0.2) is 30.1 Å². The minimum Gasteiger partial charge on any atom is -0.319 e. The fourth-order valence-electron chi connectivity index (χ4n) is 2.23. The van der Waals surface area contributed by atoms with Gasteiger partial charge < -0.3 is 4.90 Å². The van der Waals surface area contributed by atoms with Crippen LogP contribution in [0.25, 0.3) is 0 Å². The fourth-order valence-corrected chi connectivity index (χ4v) is 2.23. The van der Waals surface area contributed by atoms with Crippen LogP contribution >= 0.6 is 0 Å². The molecule has 1 heterocycles. The summed E-state index contributed by atoms with van der Waals surface area (Å²) in [6, 6.07) is 0.550. The highest BCUT2D eigenvalue weighted by Gasteiger charge is 2.26. The van der Waals surface area contributed by atoms with Crippen molar-refractivity contribution in [3.63, 3.8) is 0 Å². The summed E-state index contributed by atoms with van der Waals surface area (Å²) in [5, 5.41) is 0. The van der Waals surface area contributed by atoms with E-state index in [0.717, 1.165) is 13.1 Å². The number of nitrogens with one attached hydrogen (secondary N) is 2. The van der Waals surface area contributed by atoms with Gasteiger partial charge in [0.2, 0.25) is 0 Å². The highest BCUT2D eigenvalue weighted by molar-refractivity contribution is 5.74. The highest BCUT2D eigenvalue weighted by atomic mass is 16.2. The van der Waals surface area contributed by atoms with E-state index in [1.165, 1.54) is 32.1 Å². The Balaban J connectivity index is 1.92. The smallest absolute Gasteiger partial charge is 0.319 e. The average Bonchev–Trinajstić information content (AvgIpc) is 2.20. The Labute approximate surface area is 78.6 Å². The van der Waals surface area contributed by atoms with Gasteiger partial charge in [-0.2, -0.15) is 0 Å². The molecule has 0 spiro atoms. The number of carbonyl (C=O) groups is 1. The molecule has 2 amide bonds. The van der Waals surface area contributed by atoms with Crippen molar-refractivity contribution in [2.45, 2.75) is 38.1 Å². The zero-order valence-electron chi connectivity index (χ0n) is 7.88. The second kappa shape index (κ2) is 3.96. The number of nitrogens with zero attached hydrogens (tertiary/aromatic N) is 1. The van der Waals surface area contributed by atoms with Gasteiger partial charge in [-0.1, -0.05) is 19.3 Å². The molecular formula is C9H17N3O. The van der Waals surface area contributed by atoms with Gasteiger partial charge in [0.25, 0.3) is 0 Å². The summed E-state index contributed by atoms with van der Waals surface area (Å²) in [5.74, 6) is 0. The molecule has 2 fully saturated rings. The minimum absolute atomic E-state index is 0.0538. The molecule has 74 valence electrons. The first-order valence-corrected chi connectivity index (χ1v) is 5.17. The molecule has 2 N–H and O–H groups in total. The largest absolute Gasteiger partial charge is 0.332 e. The van der Waals surface area contributed by atoms with Crippen LogP contribution in [0.4, 0.5) is 4.79 Å². The van der Waals surface area contributed by atoms with Gasteiger partial charge in [-0.15, -0.1) is 0 Å². The Morgan fingerprint density at radius 1 is 1.23 bits per heavy atom. The van der Waals surface area contributed by atoms with Gasteiger partial charge in [-0.25, -0.2) is 10.2 Å². The molecule has 0 aromatic carbocycles. The molecule has 0 aromatic heterocycles. The lowest BCUT2D eigenvalue weighted by Crippen LogP contribution is -2.58. The minimum atomic E-state index is 0.0538. The van der Waals surface area contributed by atoms with Crippen molar-refractivity contribution in [3.05, 3.63) is 0 Å². The molecule has 1 aliphatic heterocycles. The van der Waals surface area contributed by atoms with E-state index < -0.39 is 0 Å². The van der Waals surface area contributed by atoms with Crippen LogP contribution in [0.1, 0.15) is 32.1 Å². The van der Waals surface area contributed by atoms with Gasteiger partial charge in [-0.3, -0.25) is 5.43 Å². The predicted octanol–water partition coefficient (Wildman–Crippen LogP) is 0.849. The lowest BCUT2D eigenvalue weighted by atomic mass is 9.94. The van der Waals surface area contributed by atoms with E-state index in [1.807, 2.05) is 4.90 Å². The Morgan fingerprint density at radius 2 is 2.00 bits per heavy atom. The van der Waals surface area contributed by atoms with Crippen molar-refractivity contribution in [3.8, 4) is 0 Å². The molecule has 13 heavy (non-hydrogen) atoms. The zero-order chi connectivity index (χ0) is 9.10. The summed E-state index contributed by atoms with van der Waals surface area (Å²) in [6.07, 6.45) is 6.27. The summed E-state index contributed by atoms with van der Waals surface area (Å²) >= 11 is 0. The summed E-state index contributed by atoms with van der Waals surface area (Å²) in [4.78, 5) is 13.4. The van der Waals surface area contributed by atoms with Crippen LogP contribution in [0.3, 0.4) is 0 Å². The highest BCUT2D eigenvalue weighted by Crippen LogP contribution is 2.22. The van der Waals surface area contributed by atoms with Crippen molar-refractivity contribution in [1.29, 1.82) is 0 Å². The predicted molar refractivity (Wildman–Crippen MR) is 50.1 cm³/mol. The van der Waals surface area contributed by atoms with E-state index in [4.69, 9.17) is 0 Å². The SMILES string of the molecule is O=C1NNCCN1C1CCCCC1. The van der Waals surface area contributed by atoms with Gasteiger partial charge in [0.05, 0.1) is 0 Å². The van der Waals surface area contributed by atoms with Crippen molar-refractivity contribution < 1.29 is 4.79 Å². The maximum atomic E-state index is 11.4. The first-order chi connectivity index (χ1) is 6.38. The summed E-state index contributed by atoms with van der Waals surface area (Å²) < 4.78 is 0. The maximum Gasteiger partial charge on any atom is 0.332 e. The second-order valence-corrected chi connectivity index (χ2v) is 3.84. The van der Waals surface area contributed by atoms with Crippen LogP contribution in [-0.2, 0) is 0 Å². The van der Waals surface area contributed by atoms with Gasteiger partial charge in [0, 0.05) is 19.1 Å². The molecule has 1 saturated carbocycles. The molecule has 0 aromatic rings. The second-order valence-electron chi connectivity index (χ2n) is 3.84. The van der Waals surface area contributed by atoms with Crippen LogP contribution < -0.4 is 10.9 Å². The number of rotatable bonds is 1. The zero-order valence-corrected chi connectivity index (χ0v) is 7.88. The number of hydrazine groups is 1. The molecule has 0 atom stereocenters. The molecule has 4 heteroatoms. The number of urea groups is 1. The van der Waals surface area contributed by atoms with Gasteiger partial charge in [0.1, 0.15) is 0 Å².